The maximum Gasteiger partial charge on any atom is 0.511 e. The maximum atomic E-state index is 10.8. The molecule has 1 N–H and O–H groups in total. The number of hydrogen-bond donors (Lipinski definition) is 1. The molecule has 0 amide bonds. The van der Waals surface area contributed by atoms with Crippen LogP contribution in [0.2, 0.25) is 0 Å². The molecule has 0 unspecified atom stereocenters. The summed E-state index contributed by atoms with van der Waals surface area (Å²) in [6.45, 7) is 0. The zero-order chi connectivity index (χ0) is 15.4. The molecule has 2 aromatic rings. The van der Waals surface area contributed by atoms with Gasteiger partial charge in [0.1, 0.15) is 5.75 Å². The number of carboxylic acid groups (broad SMARTS) is 1. The zero-order valence-corrected chi connectivity index (χ0v) is 12.5. The van der Waals surface area contributed by atoms with Crippen molar-refractivity contribution in [3.63, 3.8) is 0 Å². The van der Waals surface area contributed by atoms with Crippen LogP contribution in [0.3, 0.4) is 0 Å². The van der Waals surface area contributed by atoms with Crippen molar-refractivity contribution in [2.45, 2.75) is 38.0 Å². The minimum absolute atomic E-state index is 0.375. The average Bonchev–Trinajstić information content (AvgIpc) is 2.56. The van der Waals surface area contributed by atoms with Crippen molar-refractivity contribution in [1.29, 1.82) is 0 Å². The Morgan fingerprint density at radius 2 is 1.64 bits per heavy atom. The highest BCUT2D eigenvalue weighted by Gasteiger charge is 2.16. The largest absolute Gasteiger partial charge is 0.511 e. The van der Waals surface area contributed by atoms with Gasteiger partial charge < -0.3 is 9.84 Å². The molecule has 1 aliphatic rings. The minimum atomic E-state index is -1.29. The highest BCUT2D eigenvalue weighted by molar-refractivity contribution is 5.74. The van der Waals surface area contributed by atoms with Crippen LogP contribution in [0.5, 0.6) is 5.75 Å². The Hall–Kier alpha value is -2.29. The van der Waals surface area contributed by atoms with Crippen molar-refractivity contribution in [1.82, 2.24) is 0 Å². The first-order valence-corrected chi connectivity index (χ1v) is 7.84. The van der Waals surface area contributed by atoms with E-state index in [9.17, 15) is 4.79 Å². The average molecular weight is 296 g/mol. The molecule has 3 rings (SSSR count). The highest BCUT2D eigenvalue weighted by Crippen LogP contribution is 2.35. The standard InChI is InChI=1S/C19H20O3/c20-19(21)22-18-9-5-4-8-17(18)16-12-10-15(11-13-16)14-6-2-1-3-7-14/h4-5,8-14H,1-3,6-7H2,(H,20,21). The van der Waals surface area contributed by atoms with E-state index >= 15 is 0 Å². The lowest BCUT2D eigenvalue weighted by atomic mass is 9.83. The number of para-hydroxylation sites is 1. The molecular weight excluding hydrogens is 276 g/mol. The Kier molecular flexibility index (Phi) is 4.42. The van der Waals surface area contributed by atoms with Gasteiger partial charge in [-0.3, -0.25) is 0 Å². The van der Waals surface area contributed by atoms with E-state index in [2.05, 4.69) is 24.3 Å². The fourth-order valence-corrected chi connectivity index (χ4v) is 3.26. The summed E-state index contributed by atoms with van der Waals surface area (Å²) in [5, 5.41) is 8.83. The Bertz CT molecular complexity index is 640. The van der Waals surface area contributed by atoms with Crippen LogP contribution in [0.15, 0.2) is 48.5 Å². The smallest absolute Gasteiger partial charge is 0.449 e. The SMILES string of the molecule is O=C(O)Oc1ccccc1-c1ccc(C2CCCCC2)cc1. The lowest BCUT2D eigenvalue weighted by Gasteiger charge is -2.22. The van der Waals surface area contributed by atoms with Crippen molar-refractivity contribution >= 4 is 6.16 Å². The molecule has 0 radical (unpaired) electrons. The molecule has 0 aliphatic heterocycles. The zero-order valence-electron chi connectivity index (χ0n) is 12.5. The summed E-state index contributed by atoms with van der Waals surface area (Å²) in [5.74, 6) is 1.05. The van der Waals surface area contributed by atoms with Gasteiger partial charge in [-0.15, -0.1) is 0 Å². The fourth-order valence-electron chi connectivity index (χ4n) is 3.26. The molecule has 114 valence electrons. The van der Waals surface area contributed by atoms with E-state index in [0.717, 1.165) is 11.1 Å². The van der Waals surface area contributed by atoms with Crippen molar-refractivity contribution in [2.75, 3.05) is 0 Å². The van der Waals surface area contributed by atoms with Crippen LogP contribution in [-0.4, -0.2) is 11.3 Å². The molecule has 1 fully saturated rings. The van der Waals surface area contributed by atoms with Gasteiger partial charge in [-0.2, -0.15) is 0 Å². The molecule has 0 heterocycles. The second-order valence-electron chi connectivity index (χ2n) is 5.82. The van der Waals surface area contributed by atoms with E-state index in [0.29, 0.717) is 11.7 Å². The van der Waals surface area contributed by atoms with E-state index in [1.54, 1.807) is 12.1 Å². The van der Waals surface area contributed by atoms with Gasteiger partial charge in [0.25, 0.3) is 0 Å². The van der Waals surface area contributed by atoms with Gasteiger partial charge in [-0.1, -0.05) is 61.7 Å². The minimum Gasteiger partial charge on any atom is -0.449 e. The molecule has 0 atom stereocenters. The monoisotopic (exact) mass is 296 g/mol. The van der Waals surface area contributed by atoms with Crippen LogP contribution in [0, 0.1) is 0 Å². The summed E-state index contributed by atoms with van der Waals surface area (Å²) in [7, 11) is 0. The third-order valence-corrected chi connectivity index (χ3v) is 4.38. The first kappa shape index (κ1) is 14.6. The van der Waals surface area contributed by atoms with Crippen LogP contribution in [0.4, 0.5) is 4.79 Å². The molecule has 1 aliphatic carbocycles. The normalized spacial score (nSPS) is 15.5. The third kappa shape index (κ3) is 3.30. The Balaban J connectivity index is 1.85. The molecule has 22 heavy (non-hydrogen) atoms. The lowest BCUT2D eigenvalue weighted by molar-refractivity contribution is 0.144. The number of hydrogen-bond acceptors (Lipinski definition) is 2. The second-order valence-corrected chi connectivity index (χ2v) is 5.82. The van der Waals surface area contributed by atoms with Gasteiger partial charge in [-0.05, 0) is 36.0 Å². The van der Waals surface area contributed by atoms with Gasteiger partial charge >= 0.3 is 6.16 Å². The van der Waals surface area contributed by atoms with E-state index in [1.807, 2.05) is 12.1 Å². The number of benzene rings is 2. The third-order valence-electron chi connectivity index (χ3n) is 4.38. The van der Waals surface area contributed by atoms with Crippen molar-refractivity contribution in [2.24, 2.45) is 0 Å². The van der Waals surface area contributed by atoms with Crippen molar-refractivity contribution < 1.29 is 14.6 Å². The van der Waals surface area contributed by atoms with E-state index < -0.39 is 6.16 Å². The van der Waals surface area contributed by atoms with E-state index in [1.165, 1.54) is 37.7 Å². The molecule has 0 spiro atoms. The quantitative estimate of drug-likeness (QED) is 0.604. The maximum absolute atomic E-state index is 10.8. The van der Waals surface area contributed by atoms with Gasteiger partial charge in [0, 0.05) is 5.56 Å². The lowest BCUT2D eigenvalue weighted by Crippen LogP contribution is -2.05. The predicted molar refractivity (Wildman–Crippen MR) is 86.4 cm³/mol. The van der Waals surface area contributed by atoms with Gasteiger partial charge in [0.2, 0.25) is 0 Å². The van der Waals surface area contributed by atoms with Crippen LogP contribution >= 0.6 is 0 Å². The molecule has 0 aromatic heterocycles. The summed E-state index contributed by atoms with van der Waals surface area (Å²) >= 11 is 0. The molecule has 0 saturated heterocycles. The summed E-state index contributed by atoms with van der Waals surface area (Å²) < 4.78 is 4.86. The number of carbonyl (C=O) groups is 1. The summed E-state index contributed by atoms with van der Waals surface area (Å²) in [6.07, 6.45) is 5.26. The fraction of sp³-hybridized carbons (Fsp3) is 0.316. The molecule has 2 aromatic carbocycles. The van der Waals surface area contributed by atoms with Crippen LogP contribution < -0.4 is 4.74 Å². The van der Waals surface area contributed by atoms with Crippen LogP contribution in [0.25, 0.3) is 11.1 Å². The summed E-state index contributed by atoms with van der Waals surface area (Å²) in [4.78, 5) is 10.8. The number of rotatable bonds is 3. The van der Waals surface area contributed by atoms with E-state index in [-0.39, 0.29) is 0 Å². The van der Waals surface area contributed by atoms with Gasteiger partial charge in [0.15, 0.2) is 0 Å². The van der Waals surface area contributed by atoms with Crippen molar-refractivity contribution in [3.8, 4) is 16.9 Å². The summed E-state index contributed by atoms with van der Waals surface area (Å²) in [5.41, 5.74) is 3.18. The molecular formula is C19H20O3. The molecule has 3 heteroatoms. The number of ether oxygens (including phenoxy) is 1. The molecule has 3 nitrogen and oxygen atoms in total. The highest BCUT2D eigenvalue weighted by atomic mass is 16.7. The predicted octanol–water partition coefficient (Wildman–Crippen LogP) is 5.46. The second kappa shape index (κ2) is 6.65. The first-order valence-electron chi connectivity index (χ1n) is 7.84. The van der Waals surface area contributed by atoms with Crippen LogP contribution in [-0.2, 0) is 0 Å². The van der Waals surface area contributed by atoms with Crippen molar-refractivity contribution in [3.05, 3.63) is 54.1 Å². The topological polar surface area (TPSA) is 46.5 Å². The van der Waals surface area contributed by atoms with Gasteiger partial charge in [-0.25, -0.2) is 4.79 Å². The Morgan fingerprint density at radius 1 is 0.955 bits per heavy atom. The Morgan fingerprint density at radius 3 is 2.32 bits per heavy atom. The molecule has 0 bridgehead atoms. The molecule has 1 saturated carbocycles. The first-order chi connectivity index (χ1) is 10.7. The van der Waals surface area contributed by atoms with Crippen LogP contribution in [0.1, 0.15) is 43.6 Å². The van der Waals surface area contributed by atoms with Gasteiger partial charge in [0.05, 0.1) is 0 Å². The van der Waals surface area contributed by atoms with E-state index in [4.69, 9.17) is 9.84 Å². The summed E-state index contributed by atoms with van der Waals surface area (Å²) in [6, 6.07) is 15.7. The Labute approximate surface area is 130 Å².